The lowest BCUT2D eigenvalue weighted by molar-refractivity contribution is -0.147. The van der Waals surface area contributed by atoms with Crippen molar-refractivity contribution in [1.82, 2.24) is 10.2 Å². The van der Waals surface area contributed by atoms with Crippen LogP contribution in [0.2, 0.25) is 0 Å². The quantitative estimate of drug-likeness (QED) is 0.724. The average molecular weight is 266 g/mol. The molecule has 106 valence electrons. The van der Waals surface area contributed by atoms with Gasteiger partial charge < -0.3 is 15.3 Å². The maximum absolute atomic E-state index is 12.1. The molecule has 0 aromatic rings. The summed E-state index contributed by atoms with van der Waals surface area (Å²) in [6.07, 6.45) is 7.23. The van der Waals surface area contributed by atoms with E-state index in [0.717, 1.165) is 19.6 Å². The monoisotopic (exact) mass is 266 g/mol. The second kappa shape index (κ2) is 6.70. The SMILES string of the molecule is O=C(O)[C@H]1CC=CC[C@H]1C(=O)NCCN1CCCC1. The van der Waals surface area contributed by atoms with E-state index in [-0.39, 0.29) is 5.91 Å². The molecule has 0 radical (unpaired) electrons. The molecule has 1 heterocycles. The van der Waals surface area contributed by atoms with Crippen molar-refractivity contribution in [2.45, 2.75) is 25.7 Å². The van der Waals surface area contributed by atoms with Crippen LogP contribution in [0.1, 0.15) is 25.7 Å². The van der Waals surface area contributed by atoms with Crippen LogP contribution in [0.15, 0.2) is 12.2 Å². The molecule has 0 aromatic heterocycles. The molecule has 1 aliphatic carbocycles. The average Bonchev–Trinajstić information content (AvgIpc) is 2.91. The number of carbonyl (C=O) groups is 2. The van der Waals surface area contributed by atoms with Crippen molar-refractivity contribution in [2.75, 3.05) is 26.2 Å². The molecule has 0 aromatic carbocycles. The standard InChI is InChI=1S/C14H22N2O3/c17-13(15-7-10-16-8-3-4-9-16)11-5-1-2-6-12(11)14(18)19/h1-2,11-12H,3-10H2,(H,15,17)(H,18,19)/t11-,12+/m1/s1. The lowest BCUT2D eigenvalue weighted by atomic mass is 9.82. The first kappa shape index (κ1) is 14.1. The van der Waals surface area contributed by atoms with Crippen molar-refractivity contribution in [3.05, 3.63) is 12.2 Å². The normalized spacial score (nSPS) is 27.4. The molecule has 1 fully saturated rings. The van der Waals surface area contributed by atoms with Gasteiger partial charge in [-0.05, 0) is 38.8 Å². The molecule has 19 heavy (non-hydrogen) atoms. The third-order valence-corrected chi connectivity index (χ3v) is 4.01. The molecule has 0 unspecified atom stereocenters. The van der Waals surface area contributed by atoms with Crippen LogP contribution in [0.3, 0.4) is 0 Å². The van der Waals surface area contributed by atoms with Crippen LogP contribution >= 0.6 is 0 Å². The van der Waals surface area contributed by atoms with Gasteiger partial charge in [-0.1, -0.05) is 12.2 Å². The Bertz CT molecular complexity index is 362. The van der Waals surface area contributed by atoms with Gasteiger partial charge in [0, 0.05) is 13.1 Å². The van der Waals surface area contributed by atoms with Crippen molar-refractivity contribution in [1.29, 1.82) is 0 Å². The Morgan fingerprint density at radius 1 is 1.16 bits per heavy atom. The largest absolute Gasteiger partial charge is 0.481 e. The van der Waals surface area contributed by atoms with Gasteiger partial charge in [-0.3, -0.25) is 9.59 Å². The van der Waals surface area contributed by atoms with Gasteiger partial charge in [-0.25, -0.2) is 0 Å². The van der Waals surface area contributed by atoms with Gasteiger partial charge in [0.05, 0.1) is 11.8 Å². The molecule has 5 nitrogen and oxygen atoms in total. The lowest BCUT2D eigenvalue weighted by Gasteiger charge is -2.24. The highest BCUT2D eigenvalue weighted by atomic mass is 16.4. The Morgan fingerprint density at radius 2 is 1.79 bits per heavy atom. The summed E-state index contributed by atoms with van der Waals surface area (Å²) in [6, 6.07) is 0. The summed E-state index contributed by atoms with van der Waals surface area (Å²) in [4.78, 5) is 25.5. The number of carbonyl (C=O) groups excluding carboxylic acids is 1. The molecule has 2 atom stereocenters. The minimum Gasteiger partial charge on any atom is -0.481 e. The number of carboxylic acids is 1. The maximum atomic E-state index is 12.1. The van der Waals surface area contributed by atoms with E-state index in [1.807, 2.05) is 12.2 Å². The van der Waals surface area contributed by atoms with Crippen LogP contribution in [-0.2, 0) is 9.59 Å². The van der Waals surface area contributed by atoms with E-state index in [0.29, 0.717) is 19.4 Å². The topological polar surface area (TPSA) is 69.6 Å². The Morgan fingerprint density at radius 3 is 2.42 bits per heavy atom. The molecule has 2 aliphatic rings. The summed E-state index contributed by atoms with van der Waals surface area (Å²) in [5.41, 5.74) is 0. The number of amides is 1. The molecule has 0 bridgehead atoms. The van der Waals surface area contributed by atoms with Gasteiger partial charge in [0.25, 0.3) is 0 Å². The zero-order valence-corrected chi connectivity index (χ0v) is 11.2. The number of hydrogen-bond acceptors (Lipinski definition) is 3. The predicted molar refractivity (Wildman–Crippen MR) is 71.7 cm³/mol. The number of allylic oxidation sites excluding steroid dienone is 2. The van der Waals surface area contributed by atoms with Crippen LogP contribution in [0.5, 0.6) is 0 Å². The van der Waals surface area contributed by atoms with E-state index < -0.39 is 17.8 Å². The molecule has 0 spiro atoms. The van der Waals surface area contributed by atoms with Crippen LogP contribution in [0.4, 0.5) is 0 Å². The third-order valence-electron chi connectivity index (χ3n) is 4.01. The van der Waals surface area contributed by atoms with E-state index in [1.165, 1.54) is 12.8 Å². The Balaban J connectivity index is 1.77. The second-order valence-corrected chi connectivity index (χ2v) is 5.33. The maximum Gasteiger partial charge on any atom is 0.307 e. The fraction of sp³-hybridized carbons (Fsp3) is 0.714. The van der Waals surface area contributed by atoms with Crippen molar-refractivity contribution < 1.29 is 14.7 Å². The van der Waals surface area contributed by atoms with E-state index in [1.54, 1.807) is 0 Å². The van der Waals surface area contributed by atoms with E-state index in [9.17, 15) is 9.59 Å². The Kier molecular flexibility index (Phi) is 4.96. The summed E-state index contributed by atoms with van der Waals surface area (Å²) >= 11 is 0. The van der Waals surface area contributed by atoms with Crippen LogP contribution in [0, 0.1) is 11.8 Å². The minimum atomic E-state index is -0.871. The number of likely N-dealkylation sites (tertiary alicyclic amines) is 1. The zero-order valence-electron chi connectivity index (χ0n) is 11.2. The van der Waals surface area contributed by atoms with Gasteiger partial charge in [-0.2, -0.15) is 0 Å². The second-order valence-electron chi connectivity index (χ2n) is 5.33. The van der Waals surface area contributed by atoms with Gasteiger partial charge >= 0.3 is 5.97 Å². The molecular weight excluding hydrogens is 244 g/mol. The first-order valence-electron chi connectivity index (χ1n) is 7.06. The van der Waals surface area contributed by atoms with E-state index in [4.69, 9.17) is 5.11 Å². The van der Waals surface area contributed by atoms with E-state index >= 15 is 0 Å². The van der Waals surface area contributed by atoms with Crippen LogP contribution < -0.4 is 5.32 Å². The van der Waals surface area contributed by atoms with Crippen molar-refractivity contribution in [3.8, 4) is 0 Å². The lowest BCUT2D eigenvalue weighted by Crippen LogP contribution is -2.41. The number of nitrogens with one attached hydrogen (secondary N) is 1. The van der Waals surface area contributed by atoms with E-state index in [2.05, 4.69) is 10.2 Å². The summed E-state index contributed by atoms with van der Waals surface area (Å²) in [5.74, 6) is -1.97. The fourth-order valence-electron chi connectivity index (χ4n) is 2.85. The summed E-state index contributed by atoms with van der Waals surface area (Å²) < 4.78 is 0. The minimum absolute atomic E-state index is 0.115. The predicted octanol–water partition coefficient (Wildman–Crippen LogP) is 0.865. The number of aliphatic carboxylic acids is 1. The summed E-state index contributed by atoms with van der Waals surface area (Å²) in [7, 11) is 0. The fourth-order valence-corrected chi connectivity index (χ4v) is 2.85. The molecule has 2 N–H and O–H groups in total. The number of carboxylic acid groups (broad SMARTS) is 1. The highest BCUT2D eigenvalue weighted by Crippen LogP contribution is 2.25. The molecular formula is C14H22N2O3. The summed E-state index contributed by atoms with van der Waals surface area (Å²) in [5, 5.41) is 12.0. The highest BCUT2D eigenvalue weighted by molar-refractivity contribution is 5.85. The highest BCUT2D eigenvalue weighted by Gasteiger charge is 2.33. The van der Waals surface area contributed by atoms with Crippen LogP contribution in [0.25, 0.3) is 0 Å². The molecule has 1 amide bonds. The third kappa shape index (κ3) is 3.80. The molecule has 5 heteroatoms. The molecule has 0 saturated carbocycles. The number of hydrogen-bond donors (Lipinski definition) is 2. The van der Waals surface area contributed by atoms with Crippen molar-refractivity contribution >= 4 is 11.9 Å². The van der Waals surface area contributed by atoms with Crippen molar-refractivity contribution in [3.63, 3.8) is 0 Å². The molecule has 1 saturated heterocycles. The first-order valence-corrected chi connectivity index (χ1v) is 7.06. The van der Waals surface area contributed by atoms with Gasteiger partial charge in [0.1, 0.15) is 0 Å². The van der Waals surface area contributed by atoms with Gasteiger partial charge in [0.2, 0.25) is 5.91 Å². The number of rotatable bonds is 5. The smallest absolute Gasteiger partial charge is 0.307 e. The van der Waals surface area contributed by atoms with Crippen LogP contribution in [-0.4, -0.2) is 48.1 Å². The Hall–Kier alpha value is -1.36. The molecule has 1 aliphatic heterocycles. The van der Waals surface area contributed by atoms with Gasteiger partial charge in [0.15, 0.2) is 0 Å². The molecule has 2 rings (SSSR count). The summed E-state index contributed by atoms with van der Waals surface area (Å²) in [6.45, 7) is 3.71. The number of nitrogens with zero attached hydrogens (tertiary/aromatic N) is 1. The Labute approximate surface area is 113 Å². The zero-order chi connectivity index (χ0) is 13.7. The van der Waals surface area contributed by atoms with Crippen molar-refractivity contribution in [2.24, 2.45) is 11.8 Å². The van der Waals surface area contributed by atoms with Gasteiger partial charge in [-0.15, -0.1) is 0 Å². The first-order chi connectivity index (χ1) is 9.18.